The van der Waals surface area contributed by atoms with E-state index in [-0.39, 0.29) is 0 Å². The van der Waals surface area contributed by atoms with Crippen LogP contribution in [0.3, 0.4) is 0 Å². The number of rotatable bonds is 4. The molecule has 1 aromatic carbocycles. The van der Waals surface area contributed by atoms with Crippen LogP contribution in [0.4, 0.5) is 5.82 Å². The smallest absolute Gasteiger partial charge is 0.154 e. The van der Waals surface area contributed by atoms with Gasteiger partial charge in [-0.1, -0.05) is 29.3 Å². The van der Waals surface area contributed by atoms with Gasteiger partial charge in [-0.25, -0.2) is 9.97 Å². The third kappa shape index (κ3) is 3.96. The molecule has 0 spiro atoms. The molecular weight excluding hydrogens is 305 g/mol. The van der Waals surface area contributed by atoms with Crippen molar-refractivity contribution in [2.75, 3.05) is 5.32 Å². The van der Waals surface area contributed by atoms with Gasteiger partial charge in [0.2, 0.25) is 0 Å². The Kier molecular flexibility index (Phi) is 4.13. The normalized spacial score (nSPS) is 14.6. The van der Waals surface area contributed by atoms with Crippen molar-refractivity contribution in [2.24, 2.45) is 0 Å². The molecule has 0 bridgehead atoms. The van der Waals surface area contributed by atoms with Crippen LogP contribution in [0.25, 0.3) is 12.2 Å². The van der Waals surface area contributed by atoms with Gasteiger partial charge in [0.1, 0.15) is 5.82 Å². The minimum Gasteiger partial charge on any atom is -0.367 e. The summed E-state index contributed by atoms with van der Waals surface area (Å²) in [4.78, 5) is 8.91. The Labute approximate surface area is 134 Å². The third-order valence-electron chi connectivity index (χ3n) is 3.18. The van der Waals surface area contributed by atoms with Gasteiger partial charge in [0.05, 0.1) is 0 Å². The van der Waals surface area contributed by atoms with Crippen molar-refractivity contribution in [3.8, 4) is 0 Å². The van der Waals surface area contributed by atoms with Gasteiger partial charge in [-0.15, -0.1) is 0 Å². The van der Waals surface area contributed by atoms with Gasteiger partial charge in [-0.2, -0.15) is 0 Å². The minimum absolute atomic E-state index is 0.571. The number of anilines is 1. The molecule has 1 saturated carbocycles. The average molecular weight is 320 g/mol. The third-order valence-corrected chi connectivity index (χ3v) is 3.74. The van der Waals surface area contributed by atoms with Crippen molar-refractivity contribution in [1.82, 2.24) is 9.97 Å². The SMILES string of the molecule is Cc1cc(NC2CC2)nc(/C=C/c2ccc(Cl)cc2Cl)n1. The zero-order valence-corrected chi connectivity index (χ0v) is 13.1. The predicted molar refractivity (Wildman–Crippen MR) is 88.8 cm³/mol. The van der Waals surface area contributed by atoms with Crippen LogP contribution < -0.4 is 5.32 Å². The maximum Gasteiger partial charge on any atom is 0.154 e. The molecule has 0 saturated heterocycles. The Bertz CT molecular complexity index is 694. The summed E-state index contributed by atoms with van der Waals surface area (Å²) in [5.74, 6) is 1.55. The monoisotopic (exact) mass is 319 g/mol. The van der Waals surface area contributed by atoms with Crippen molar-refractivity contribution in [1.29, 1.82) is 0 Å². The summed E-state index contributed by atoms with van der Waals surface area (Å²) >= 11 is 12.0. The summed E-state index contributed by atoms with van der Waals surface area (Å²) < 4.78 is 0. The molecule has 21 heavy (non-hydrogen) atoms. The number of hydrogen-bond donors (Lipinski definition) is 1. The summed E-state index contributed by atoms with van der Waals surface area (Å²) in [6.45, 7) is 1.96. The average Bonchev–Trinajstić information content (AvgIpc) is 3.21. The molecule has 1 aliphatic carbocycles. The van der Waals surface area contributed by atoms with E-state index in [9.17, 15) is 0 Å². The standard InChI is InChI=1S/C16H15Cl2N3/c1-10-8-16(20-13-5-6-13)21-15(19-10)7-3-11-2-4-12(17)9-14(11)18/h2-4,7-9,13H,5-6H2,1H3,(H,19,20,21)/b7-3+. The lowest BCUT2D eigenvalue weighted by molar-refractivity contribution is 1.04. The second-order valence-corrected chi connectivity index (χ2v) is 6.01. The summed E-state index contributed by atoms with van der Waals surface area (Å²) in [7, 11) is 0. The van der Waals surface area contributed by atoms with Crippen molar-refractivity contribution < 1.29 is 0 Å². The Morgan fingerprint density at radius 2 is 1.95 bits per heavy atom. The first-order chi connectivity index (χ1) is 10.1. The fourth-order valence-electron chi connectivity index (χ4n) is 1.98. The van der Waals surface area contributed by atoms with Crippen molar-refractivity contribution >= 4 is 41.2 Å². The molecule has 1 heterocycles. The van der Waals surface area contributed by atoms with Crippen molar-refractivity contribution in [2.45, 2.75) is 25.8 Å². The quantitative estimate of drug-likeness (QED) is 0.876. The molecule has 5 heteroatoms. The van der Waals surface area contributed by atoms with Crippen LogP contribution in [-0.4, -0.2) is 16.0 Å². The number of hydrogen-bond acceptors (Lipinski definition) is 3. The molecule has 1 aromatic heterocycles. The molecule has 0 aliphatic heterocycles. The summed E-state index contributed by atoms with van der Waals surface area (Å²) in [5, 5.41) is 4.62. The van der Waals surface area contributed by atoms with Gasteiger partial charge in [-0.05, 0) is 49.6 Å². The van der Waals surface area contributed by atoms with Crippen molar-refractivity contribution in [3.63, 3.8) is 0 Å². The van der Waals surface area contributed by atoms with Gasteiger partial charge in [-0.3, -0.25) is 0 Å². The van der Waals surface area contributed by atoms with E-state index in [0.717, 1.165) is 17.1 Å². The second-order valence-electron chi connectivity index (χ2n) is 5.17. The molecule has 2 aromatic rings. The van der Waals surface area contributed by atoms with Crippen molar-refractivity contribution in [3.05, 3.63) is 51.4 Å². The van der Waals surface area contributed by atoms with E-state index in [1.54, 1.807) is 6.07 Å². The summed E-state index contributed by atoms with van der Waals surface area (Å²) in [6.07, 6.45) is 6.19. The van der Waals surface area contributed by atoms with Gasteiger partial charge in [0.25, 0.3) is 0 Å². The summed E-state index contributed by atoms with van der Waals surface area (Å²) in [6, 6.07) is 7.94. The molecule has 0 atom stereocenters. The lowest BCUT2D eigenvalue weighted by atomic mass is 10.2. The predicted octanol–water partition coefficient (Wildman–Crippen LogP) is 4.84. The maximum atomic E-state index is 6.15. The lowest BCUT2D eigenvalue weighted by Gasteiger charge is -2.05. The Hall–Kier alpha value is -1.58. The second kappa shape index (κ2) is 6.04. The van der Waals surface area contributed by atoms with E-state index >= 15 is 0 Å². The number of halogens is 2. The molecular formula is C16H15Cl2N3. The highest BCUT2D eigenvalue weighted by Crippen LogP contribution is 2.25. The van der Waals surface area contributed by atoms with E-state index in [0.29, 0.717) is 21.9 Å². The highest BCUT2D eigenvalue weighted by atomic mass is 35.5. The first kappa shape index (κ1) is 14.4. The zero-order chi connectivity index (χ0) is 14.8. The molecule has 3 rings (SSSR count). The van der Waals surface area contributed by atoms with Crippen LogP contribution in [0, 0.1) is 6.92 Å². The largest absolute Gasteiger partial charge is 0.367 e. The first-order valence-electron chi connectivity index (χ1n) is 6.85. The number of aryl methyl sites for hydroxylation is 1. The number of nitrogens with zero attached hydrogens (tertiary/aromatic N) is 2. The Morgan fingerprint density at radius 1 is 1.14 bits per heavy atom. The minimum atomic E-state index is 0.571. The van der Waals surface area contributed by atoms with E-state index in [1.165, 1.54) is 12.8 Å². The molecule has 108 valence electrons. The maximum absolute atomic E-state index is 6.15. The van der Waals surface area contributed by atoms with Crippen LogP contribution in [0.1, 0.15) is 29.9 Å². The Morgan fingerprint density at radius 3 is 2.67 bits per heavy atom. The van der Waals surface area contributed by atoms with E-state index < -0.39 is 0 Å². The van der Waals surface area contributed by atoms with Crippen LogP contribution >= 0.6 is 23.2 Å². The van der Waals surface area contributed by atoms with Gasteiger partial charge in [0, 0.05) is 27.8 Å². The molecule has 3 nitrogen and oxygen atoms in total. The van der Waals surface area contributed by atoms with E-state index in [1.807, 2.05) is 37.3 Å². The number of aromatic nitrogens is 2. The van der Waals surface area contributed by atoms with Gasteiger partial charge >= 0.3 is 0 Å². The summed E-state index contributed by atoms with van der Waals surface area (Å²) in [5.41, 5.74) is 1.83. The fraction of sp³-hybridized carbons (Fsp3) is 0.250. The Balaban J connectivity index is 1.82. The van der Waals surface area contributed by atoms with E-state index in [2.05, 4.69) is 15.3 Å². The molecule has 1 N–H and O–H groups in total. The lowest BCUT2D eigenvalue weighted by Crippen LogP contribution is -2.05. The van der Waals surface area contributed by atoms with Crippen LogP contribution in [0.5, 0.6) is 0 Å². The van der Waals surface area contributed by atoms with E-state index in [4.69, 9.17) is 23.2 Å². The van der Waals surface area contributed by atoms with Gasteiger partial charge < -0.3 is 5.32 Å². The fourth-order valence-corrected chi connectivity index (χ4v) is 2.45. The highest BCUT2D eigenvalue weighted by Gasteiger charge is 2.21. The topological polar surface area (TPSA) is 37.8 Å². The molecule has 1 fully saturated rings. The van der Waals surface area contributed by atoms with Crippen LogP contribution in [0.15, 0.2) is 24.3 Å². The van der Waals surface area contributed by atoms with Gasteiger partial charge in [0.15, 0.2) is 5.82 Å². The zero-order valence-electron chi connectivity index (χ0n) is 11.6. The molecule has 0 radical (unpaired) electrons. The number of nitrogens with one attached hydrogen (secondary N) is 1. The molecule has 0 unspecified atom stereocenters. The van der Waals surface area contributed by atoms with Crippen LogP contribution in [0.2, 0.25) is 10.0 Å². The molecule has 1 aliphatic rings. The highest BCUT2D eigenvalue weighted by molar-refractivity contribution is 6.35. The first-order valence-corrected chi connectivity index (χ1v) is 7.61. The number of benzene rings is 1. The molecule has 0 amide bonds. The van der Waals surface area contributed by atoms with Crippen LogP contribution in [-0.2, 0) is 0 Å².